The molecular weight excluding hydrogens is 479 g/mol. The highest BCUT2D eigenvalue weighted by atomic mass is 19.4. The number of fused-ring (bicyclic) bond motifs is 3. The van der Waals surface area contributed by atoms with Gasteiger partial charge in [0.15, 0.2) is 0 Å². The zero-order valence-electron chi connectivity index (χ0n) is 21.7. The summed E-state index contributed by atoms with van der Waals surface area (Å²) in [4.78, 5) is 12.0. The molecule has 4 aliphatic rings. The maximum atomic E-state index is 13.4. The monoisotopic (exact) mass is 515 g/mol. The fourth-order valence-corrected chi connectivity index (χ4v) is 6.05. The molecule has 4 saturated heterocycles. The number of aromatic nitrogens is 2. The van der Waals surface area contributed by atoms with Crippen LogP contribution in [-0.2, 0) is 23.9 Å². The smallest absolute Gasteiger partial charge is 0.383 e. The molecule has 0 radical (unpaired) electrons. The summed E-state index contributed by atoms with van der Waals surface area (Å²) in [6, 6.07) is 4.30. The number of piperidine rings is 3. The van der Waals surface area contributed by atoms with Crippen LogP contribution in [0.5, 0.6) is 0 Å². The van der Waals surface area contributed by atoms with Crippen LogP contribution in [-0.4, -0.2) is 46.6 Å². The number of nitrogens with zero attached hydrogens (tertiary/aromatic N) is 3. The molecule has 1 aromatic carbocycles. The van der Waals surface area contributed by atoms with E-state index >= 15 is 0 Å². The topological polar surface area (TPSA) is 62.3 Å². The van der Waals surface area contributed by atoms with Gasteiger partial charge in [-0.1, -0.05) is 18.7 Å². The van der Waals surface area contributed by atoms with Crippen molar-refractivity contribution in [3.63, 3.8) is 0 Å². The first kappa shape index (κ1) is 26.0. The number of hydrogen-bond donors (Lipinski definition) is 2. The summed E-state index contributed by atoms with van der Waals surface area (Å²) in [7, 11) is 0. The quantitative estimate of drug-likeness (QED) is 0.487. The zero-order chi connectivity index (χ0) is 26.2. The van der Waals surface area contributed by atoms with Gasteiger partial charge >= 0.3 is 6.18 Å². The van der Waals surface area contributed by atoms with Crippen LogP contribution < -0.4 is 10.6 Å². The van der Waals surface area contributed by atoms with Crippen LogP contribution in [0.25, 0.3) is 0 Å². The predicted octanol–water partition coefficient (Wildman–Crippen LogP) is 5.46. The summed E-state index contributed by atoms with van der Waals surface area (Å²) < 4.78 is 46.4. The summed E-state index contributed by atoms with van der Waals surface area (Å²) in [5, 5.41) is 7.09. The maximum Gasteiger partial charge on any atom is 0.416 e. The average Bonchev–Trinajstić information content (AvgIpc) is 3.37. The molecule has 1 unspecified atom stereocenters. The fraction of sp³-hybridized carbons (Fsp3) is 0.571. The van der Waals surface area contributed by atoms with Crippen molar-refractivity contribution >= 4 is 5.82 Å². The number of anilines is 1. The van der Waals surface area contributed by atoms with Crippen molar-refractivity contribution < 1.29 is 17.9 Å². The number of halogens is 3. The number of alkyl halides is 3. The Morgan fingerprint density at radius 1 is 1.16 bits per heavy atom. The molecular formula is C28H36F3N5O. The molecule has 200 valence electrons. The third kappa shape index (κ3) is 5.62. The molecule has 2 bridgehead atoms. The van der Waals surface area contributed by atoms with Gasteiger partial charge in [0.25, 0.3) is 0 Å². The van der Waals surface area contributed by atoms with E-state index in [1.807, 2.05) is 6.92 Å². The largest absolute Gasteiger partial charge is 0.416 e. The molecule has 0 amide bonds. The van der Waals surface area contributed by atoms with Gasteiger partial charge in [-0.05, 0) is 63.1 Å². The Bertz CT molecular complexity index is 1140. The Hall–Kier alpha value is -2.65. The lowest BCUT2D eigenvalue weighted by Crippen LogP contribution is -2.59. The number of ether oxygens (including phenoxy) is 1. The third-order valence-corrected chi connectivity index (χ3v) is 8.13. The molecule has 1 atom stereocenters. The highest BCUT2D eigenvalue weighted by molar-refractivity contribution is 5.50. The van der Waals surface area contributed by atoms with Crippen LogP contribution in [0, 0.1) is 13.8 Å². The summed E-state index contributed by atoms with van der Waals surface area (Å²) >= 11 is 0. The summed E-state index contributed by atoms with van der Waals surface area (Å²) in [6.07, 6.45) is 1.19. The maximum absolute atomic E-state index is 13.4. The van der Waals surface area contributed by atoms with Gasteiger partial charge < -0.3 is 20.3 Å². The SMILES string of the molecule is C=C(Cc1nc(C)nc(NCc2cccc(C(F)(F)F)c2C)c1C1CCCO1)NC12CCN(CC1)CC2. The van der Waals surface area contributed by atoms with Crippen molar-refractivity contribution in [2.45, 2.75) is 76.7 Å². The van der Waals surface area contributed by atoms with E-state index in [0.29, 0.717) is 30.2 Å². The number of rotatable bonds is 8. The van der Waals surface area contributed by atoms with Gasteiger partial charge in [0.05, 0.1) is 17.4 Å². The van der Waals surface area contributed by atoms with Crippen LogP contribution in [0.4, 0.5) is 19.0 Å². The molecule has 2 N–H and O–H groups in total. The molecule has 6 rings (SSSR count). The van der Waals surface area contributed by atoms with Gasteiger partial charge in [-0.3, -0.25) is 0 Å². The van der Waals surface area contributed by atoms with Gasteiger partial charge in [0, 0.05) is 56.0 Å². The van der Waals surface area contributed by atoms with Crippen molar-refractivity contribution in [2.75, 3.05) is 31.6 Å². The van der Waals surface area contributed by atoms with E-state index in [-0.39, 0.29) is 23.8 Å². The van der Waals surface area contributed by atoms with E-state index in [4.69, 9.17) is 9.72 Å². The van der Waals surface area contributed by atoms with E-state index in [2.05, 4.69) is 27.1 Å². The molecule has 1 aromatic heterocycles. The van der Waals surface area contributed by atoms with Crippen LogP contribution in [0.3, 0.4) is 0 Å². The Morgan fingerprint density at radius 2 is 1.89 bits per heavy atom. The first-order valence-corrected chi connectivity index (χ1v) is 13.2. The molecule has 9 heteroatoms. The van der Waals surface area contributed by atoms with Crippen molar-refractivity contribution in [2.24, 2.45) is 0 Å². The average molecular weight is 516 g/mol. The Labute approximate surface area is 216 Å². The molecule has 37 heavy (non-hydrogen) atoms. The van der Waals surface area contributed by atoms with Crippen LogP contribution in [0.15, 0.2) is 30.5 Å². The molecule has 6 nitrogen and oxygen atoms in total. The standard InChI is InChI=1S/C28H36F3N5O/c1-18(35-27-9-12-36(13-10-27)14-11-27)16-23-25(24-8-5-15-37-24)26(34-20(3)33-23)32-17-21-6-4-7-22(19(21)2)28(29,30)31/h4,6-7,24,35H,1,5,8-17H2,2-3H3,(H,32,33,34). The molecule has 4 fully saturated rings. The lowest BCUT2D eigenvalue weighted by molar-refractivity contribution is -0.138. The molecule has 0 aliphatic carbocycles. The van der Waals surface area contributed by atoms with E-state index in [1.165, 1.54) is 13.0 Å². The highest BCUT2D eigenvalue weighted by Gasteiger charge is 2.39. The van der Waals surface area contributed by atoms with Gasteiger partial charge in [-0.15, -0.1) is 0 Å². The van der Waals surface area contributed by atoms with Crippen LogP contribution in [0.1, 0.15) is 72.0 Å². The number of hydrogen-bond acceptors (Lipinski definition) is 6. The number of benzene rings is 1. The first-order valence-electron chi connectivity index (χ1n) is 13.2. The summed E-state index contributed by atoms with van der Waals surface area (Å²) in [5.74, 6) is 1.24. The summed E-state index contributed by atoms with van der Waals surface area (Å²) in [5.41, 5.74) is 3.01. The molecule has 2 aromatic rings. The van der Waals surface area contributed by atoms with Crippen LogP contribution >= 0.6 is 0 Å². The second-order valence-corrected chi connectivity index (χ2v) is 10.7. The normalized spacial score (nSPS) is 25.3. The Kier molecular flexibility index (Phi) is 7.20. The van der Waals surface area contributed by atoms with E-state index < -0.39 is 11.7 Å². The number of aryl methyl sites for hydroxylation is 1. The zero-order valence-corrected chi connectivity index (χ0v) is 21.7. The van der Waals surface area contributed by atoms with E-state index in [9.17, 15) is 13.2 Å². The lowest BCUT2D eigenvalue weighted by Gasteiger charge is -2.49. The van der Waals surface area contributed by atoms with Crippen molar-refractivity contribution in [1.29, 1.82) is 0 Å². The summed E-state index contributed by atoms with van der Waals surface area (Å²) in [6.45, 7) is 12.0. The van der Waals surface area contributed by atoms with Crippen molar-refractivity contribution in [1.82, 2.24) is 20.2 Å². The molecule has 4 aliphatic heterocycles. The van der Waals surface area contributed by atoms with Crippen LogP contribution in [0.2, 0.25) is 0 Å². The van der Waals surface area contributed by atoms with Gasteiger partial charge in [-0.25, -0.2) is 9.97 Å². The van der Waals surface area contributed by atoms with E-state index in [1.54, 1.807) is 6.07 Å². The highest BCUT2D eigenvalue weighted by Crippen LogP contribution is 2.37. The minimum atomic E-state index is -4.39. The minimum absolute atomic E-state index is 0.111. The Morgan fingerprint density at radius 3 is 2.54 bits per heavy atom. The second kappa shape index (κ2) is 10.3. The van der Waals surface area contributed by atoms with Gasteiger partial charge in [-0.2, -0.15) is 13.2 Å². The van der Waals surface area contributed by atoms with Gasteiger partial charge in [0.1, 0.15) is 11.6 Å². The first-order chi connectivity index (χ1) is 17.6. The minimum Gasteiger partial charge on any atom is -0.383 e. The third-order valence-electron chi connectivity index (χ3n) is 8.13. The lowest BCUT2D eigenvalue weighted by atomic mass is 9.79. The molecule has 0 saturated carbocycles. The number of allylic oxidation sites excluding steroid dienone is 1. The van der Waals surface area contributed by atoms with Gasteiger partial charge in [0.2, 0.25) is 0 Å². The molecule has 0 spiro atoms. The van der Waals surface area contributed by atoms with Crippen molar-refractivity contribution in [3.05, 3.63) is 64.2 Å². The van der Waals surface area contributed by atoms with E-state index in [0.717, 1.165) is 74.8 Å². The molecule has 5 heterocycles. The van der Waals surface area contributed by atoms with Crippen molar-refractivity contribution in [3.8, 4) is 0 Å². The number of nitrogens with one attached hydrogen (secondary N) is 2. The second-order valence-electron chi connectivity index (χ2n) is 10.7. The fourth-order valence-electron chi connectivity index (χ4n) is 6.05. The predicted molar refractivity (Wildman–Crippen MR) is 137 cm³/mol. The Balaban J connectivity index is 1.39.